The van der Waals surface area contributed by atoms with Crippen molar-refractivity contribution in [3.63, 3.8) is 0 Å². The molecule has 5 nitrogen and oxygen atoms in total. The number of aromatic nitrogens is 3. The molecule has 1 aliphatic carbocycles. The fraction of sp³-hybridized carbons (Fsp3) is 0.350. The molecule has 1 amide bonds. The number of hydrogen-bond acceptors (Lipinski definition) is 4. The molecule has 1 fully saturated rings. The maximum absolute atomic E-state index is 14.1. The van der Waals surface area contributed by atoms with E-state index in [0.717, 1.165) is 37.4 Å². The average molecular weight is 528 g/mol. The first-order valence-electron chi connectivity index (χ1n) is 9.77. The lowest BCUT2D eigenvalue weighted by Gasteiger charge is -2.19. The lowest BCUT2D eigenvalue weighted by molar-refractivity contribution is -0.292. The molecule has 0 radical (unpaired) electrons. The van der Waals surface area contributed by atoms with Gasteiger partial charge in [0.25, 0.3) is 5.91 Å². The molecule has 1 aromatic carbocycles. The van der Waals surface area contributed by atoms with Crippen LogP contribution in [0.1, 0.15) is 34.5 Å². The lowest BCUT2D eigenvalue weighted by atomic mass is 10.1. The molecule has 4 rings (SSSR count). The van der Waals surface area contributed by atoms with Gasteiger partial charge in [0.1, 0.15) is 22.1 Å². The molecule has 2 aromatic heterocycles. The minimum Gasteiger partial charge on any atom is -0.349 e. The van der Waals surface area contributed by atoms with Crippen LogP contribution in [0.25, 0.3) is 22.0 Å². The summed E-state index contributed by atoms with van der Waals surface area (Å²) in [5.41, 5.74) is -6.67. The largest absolute Gasteiger partial charge is 0.459 e. The second-order valence-corrected chi connectivity index (χ2v) is 8.60. The first-order chi connectivity index (χ1) is 16.1. The molecule has 0 atom stereocenters. The highest BCUT2D eigenvalue weighted by molar-refractivity contribution is 7.13. The van der Waals surface area contributed by atoms with Crippen LogP contribution in [0.2, 0.25) is 0 Å². The molecule has 35 heavy (non-hydrogen) atoms. The SMILES string of the molecule is Cn1nc(C(F)(F)C(F)(F)F)c(C(F)(F)F)c1-c1csc(-c2ccc(F)c(C(=O)NC3CC3)c2)n1. The van der Waals surface area contributed by atoms with Crippen LogP contribution in [0, 0.1) is 5.82 Å². The molecular formula is C20H13F9N4OS. The van der Waals surface area contributed by atoms with Gasteiger partial charge in [-0.2, -0.15) is 40.2 Å². The molecule has 1 N–H and O–H groups in total. The number of carbonyl (C=O) groups is 1. The highest BCUT2D eigenvalue weighted by atomic mass is 32.1. The van der Waals surface area contributed by atoms with Gasteiger partial charge in [-0.15, -0.1) is 11.3 Å². The third kappa shape index (κ3) is 4.60. The molecular weight excluding hydrogens is 515 g/mol. The van der Waals surface area contributed by atoms with Crippen LogP contribution in [0.5, 0.6) is 0 Å². The minimum atomic E-state index is -6.32. The lowest BCUT2D eigenvalue weighted by Crippen LogP contribution is -2.36. The highest BCUT2D eigenvalue weighted by Crippen LogP contribution is 2.50. The average Bonchev–Trinajstić information content (AvgIpc) is 3.27. The van der Waals surface area contributed by atoms with E-state index in [2.05, 4.69) is 15.4 Å². The van der Waals surface area contributed by atoms with Gasteiger partial charge < -0.3 is 5.32 Å². The zero-order valence-electron chi connectivity index (χ0n) is 17.4. The van der Waals surface area contributed by atoms with E-state index in [9.17, 15) is 44.3 Å². The van der Waals surface area contributed by atoms with Crippen molar-refractivity contribution in [1.29, 1.82) is 0 Å². The molecule has 15 heteroatoms. The fourth-order valence-corrected chi connectivity index (χ4v) is 4.08. The van der Waals surface area contributed by atoms with Gasteiger partial charge >= 0.3 is 18.3 Å². The summed E-state index contributed by atoms with van der Waals surface area (Å²) < 4.78 is 122. The molecule has 0 bridgehead atoms. The van der Waals surface area contributed by atoms with Crippen LogP contribution in [-0.4, -0.2) is 32.9 Å². The molecule has 0 saturated heterocycles. The van der Waals surface area contributed by atoms with Crippen molar-refractivity contribution >= 4 is 17.2 Å². The van der Waals surface area contributed by atoms with Gasteiger partial charge in [-0.1, -0.05) is 0 Å². The van der Waals surface area contributed by atoms with Crippen molar-refractivity contribution in [1.82, 2.24) is 20.1 Å². The number of carbonyl (C=O) groups excluding carboxylic acids is 1. The van der Waals surface area contributed by atoms with Crippen molar-refractivity contribution in [3.8, 4) is 22.0 Å². The summed E-state index contributed by atoms with van der Waals surface area (Å²) in [5.74, 6) is -7.43. The summed E-state index contributed by atoms with van der Waals surface area (Å²) in [4.78, 5) is 16.2. The number of alkyl halides is 8. The van der Waals surface area contributed by atoms with Crippen molar-refractivity contribution in [2.45, 2.75) is 37.2 Å². The van der Waals surface area contributed by atoms with Crippen LogP contribution >= 0.6 is 11.3 Å². The van der Waals surface area contributed by atoms with Crippen LogP contribution < -0.4 is 5.32 Å². The number of halogens is 9. The Morgan fingerprint density at radius 3 is 2.34 bits per heavy atom. The Hall–Kier alpha value is -3.10. The van der Waals surface area contributed by atoms with Crippen LogP contribution in [-0.2, 0) is 19.1 Å². The van der Waals surface area contributed by atoms with Crippen LogP contribution in [0.15, 0.2) is 23.6 Å². The Labute approximate surface area is 194 Å². The Balaban J connectivity index is 1.79. The van der Waals surface area contributed by atoms with Gasteiger partial charge in [0.05, 0.1) is 11.3 Å². The Kier molecular flexibility index (Phi) is 5.89. The second-order valence-electron chi connectivity index (χ2n) is 7.75. The monoisotopic (exact) mass is 528 g/mol. The molecule has 0 spiro atoms. The number of nitrogens with one attached hydrogen (secondary N) is 1. The Bertz CT molecular complexity index is 1290. The predicted molar refractivity (Wildman–Crippen MR) is 105 cm³/mol. The van der Waals surface area contributed by atoms with Crippen molar-refractivity contribution in [3.05, 3.63) is 46.2 Å². The smallest absolute Gasteiger partial charge is 0.349 e. The van der Waals surface area contributed by atoms with E-state index in [4.69, 9.17) is 0 Å². The van der Waals surface area contributed by atoms with E-state index >= 15 is 0 Å². The van der Waals surface area contributed by atoms with Crippen molar-refractivity contribution < 1.29 is 44.3 Å². The van der Waals surface area contributed by atoms with E-state index in [0.29, 0.717) is 11.3 Å². The molecule has 3 aromatic rings. The van der Waals surface area contributed by atoms with Gasteiger partial charge in [-0.25, -0.2) is 9.37 Å². The van der Waals surface area contributed by atoms with Crippen molar-refractivity contribution in [2.75, 3.05) is 0 Å². The zero-order valence-corrected chi connectivity index (χ0v) is 18.2. The zero-order chi connectivity index (χ0) is 25.9. The molecule has 0 unspecified atom stereocenters. The number of thiazole rings is 1. The number of benzene rings is 1. The first kappa shape index (κ1) is 25.0. The Morgan fingerprint density at radius 1 is 1.11 bits per heavy atom. The van der Waals surface area contributed by atoms with Gasteiger partial charge in [0.2, 0.25) is 0 Å². The van der Waals surface area contributed by atoms with E-state index in [-0.39, 0.29) is 26.9 Å². The summed E-state index contributed by atoms with van der Waals surface area (Å²) in [5, 5.41) is 6.41. The first-order valence-corrected chi connectivity index (χ1v) is 10.6. The topological polar surface area (TPSA) is 59.8 Å². The summed E-state index contributed by atoms with van der Waals surface area (Å²) in [7, 11) is 0.776. The normalized spacial score (nSPS) is 14.9. The molecule has 2 heterocycles. The minimum absolute atomic E-state index is 0.0288. The molecule has 1 saturated carbocycles. The van der Waals surface area contributed by atoms with Gasteiger partial charge in [-0.05, 0) is 31.0 Å². The van der Waals surface area contributed by atoms with E-state index in [1.165, 1.54) is 6.07 Å². The third-order valence-corrected chi connectivity index (χ3v) is 5.99. The number of aryl methyl sites for hydroxylation is 1. The van der Waals surface area contributed by atoms with Crippen LogP contribution in [0.3, 0.4) is 0 Å². The fourth-order valence-electron chi connectivity index (χ4n) is 3.28. The van der Waals surface area contributed by atoms with E-state index in [1.807, 2.05) is 0 Å². The number of nitrogens with zero attached hydrogens (tertiary/aromatic N) is 3. The Morgan fingerprint density at radius 2 is 1.77 bits per heavy atom. The number of rotatable bonds is 5. The van der Waals surface area contributed by atoms with E-state index in [1.54, 1.807) is 0 Å². The van der Waals surface area contributed by atoms with Crippen molar-refractivity contribution in [2.24, 2.45) is 7.05 Å². The second kappa shape index (κ2) is 8.24. The molecule has 188 valence electrons. The quantitative estimate of drug-likeness (QED) is 0.419. The summed E-state index contributed by atoms with van der Waals surface area (Å²) in [6.07, 6.45) is -10.5. The number of amides is 1. The highest BCUT2D eigenvalue weighted by Gasteiger charge is 2.64. The summed E-state index contributed by atoms with van der Waals surface area (Å²) in [6.45, 7) is 0. The van der Waals surface area contributed by atoms with Gasteiger partial charge in [-0.3, -0.25) is 9.48 Å². The summed E-state index contributed by atoms with van der Waals surface area (Å²) in [6, 6.07) is 3.19. The maximum atomic E-state index is 14.1. The van der Waals surface area contributed by atoms with Crippen LogP contribution in [0.4, 0.5) is 39.5 Å². The van der Waals surface area contributed by atoms with Gasteiger partial charge in [0, 0.05) is 24.0 Å². The maximum Gasteiger partial charge on any atom is 0.459 e. The third-order valence-electron chi connectivity index (χ3n) is 5.10. The van der Waals surface area contributed by atoms with Gasteiger partial charge in [0.15, 0.2) is 5.69 Å². The summed E-state index contributed by atoms with van der Waals surface area (Å²) >= 11 is 0.717. The van der Waals surface area contributed by atoms with E-state index < -0.39 is 52.6 Å². The molecule has 0 aliphatic heterocycles. The predicted octanol–water partition coefficient (Wildman–Crippen LogP) is 5.91. The standard InChI is InChI=1S/C20H13F9N4OS/c1-33-14(13(19(24,25)26)15(32-33)18(22,23)20(27,28)29)12-7-35-17(31-12)8-2-5-11(21)10(6-8)16(34)30-9-3-4-9/h2,5-7,9H,3-4H2,1H3,(H,30,34). The molecule has 1 aliphatic rings. The number of hydrogen-bond donors (Lipinski definition) is 1.